The lowest BCUT2D eigenvalue weighted by Crippen LogP contribution is -2.65. The first-order valence-electron chi connectivity index (χ1n) is 10.5. The lowest BCUT2D eigenvalue weighted by molar-refractivity contribution is -0.263. The molecule has 8 N–H and O–H groups in total. The number of amides is 2. The monoisotopic (exact) mass is 549 g/mol. The Bertz CT molecular complexity index is 880. The lowest BCUT2D eigenvalue weighted by atomic mass is 9.96. The molecule has 0 unspecified atom stereocenters. The topological polar surface area (TPSA) is 277 Å². The van der Waals surface area contributed by atoms with Gasteiger partial charge in [0.1, 0.15) is 24.4 Å². The van der Waals surface area contributed by atoms with Gasteiger partial charge in [0, 0.05) is 27.7 Å². The van der Waals surface area contributed by atoms with Gasteiger partial charge in [0.25, 0.3) is 35.7 Å². The third-order valence-corrected chi connectivity index (χ3v) is 3.99. The Labute approximate surface area is 215 Å². The van der Waals surface area contributed by atoms with E-state index in [9.17, 15) is 24.9 Å². The zero-order valence-electron chi connectivity index (χ0n) is 20.8. The predicted molar refractivity (Wildman–Crippen MR) is 124 cm³/mol. The Kier molecular flexibility index (Phi) is 16.7. The van der Waals surface area contributed by atoms with Crippen LogP contribution in [0.25, 0.3) is 0 Å². The molecule has 16 nitrogen and oxygen atoms in total. The number of aliphatic hydroxyl groups is 4. The summed E-state index contributed by atoms with van der Waals surface area (Å²) in [6.45, 7) is 3.71. The summed E-state index contributed by atoms with van der Waals surface area (Å²) in [6, 6.07) is 4.66. The van der Waals surface area contributed by atoms with Crippen molar-refractivity contribution in [2.75, 3.05) is 6.61 Å². The minimum Gasteiger partial charge on any atom is -0.481 e. The molecular formula is C22H31NO15. The maximum atomic E-state index is 12.4. The van der Waals surface area contributed by atoms with Crippen molar-refractivity contribution in [3.8, 4) is 0 Å². The fourth-order valence-corrected chi connectivity index (χ4v) is 2.84. The van der Waals surface area contributed by atoms with Gasteiger partial charge in [-0.1, -0.05) is 12.1 Å². The maximum Gasteiger partial charge on any atom is 0.300 e. The minimum atomic E-state index is -1.71. The molecule has 16 heteroatoms. The van der Waals surface area contributed by atoms with E-state index >= 15 is 0 Å². The third-order valence-electron chi connectivity index (χ3n) is 3.99. The SMILES string of the molecule is CC(=O)O.CC(=O)O.CC(=O)O.CC(=O)O.O=C1c2ccccc2C(=O)N1[C@@H]1[C@@H](O)[C@H](O)[C@@H](CO)O[C@H]1O. The van der Waals surface area contributed by atoms with E-state index in [1.807, 2.05) is 0 Å². The van der Waals surface area contributed by atoms with Gasteiger partial charge in [-0.25, -0.2) is 0 Å². The molecule has 1 saturated heterocycles. The van der Waals surface area contributed by atoms with Gasteiger partial charge in [0.15, 0.2) is 6.29 Å². The zero-order chi connectivity index (χ0) is 30.3. The third kappa shape index (κ3) is 12.8. The molecule has 214 valence electrons. The molecular weight excluding hydrogens is 518 g/mol. The molecule has 1 aromatic rings. The Morgan fingerprint density at radius 2 is 1.05 bits per heavy atom. The fourth-order valence-electron chi connectivity index (χ4n) is 2.84. The van der Waals surface area contributed by atoms with Crippen molar-refractivity contribution in [3.05, 3.63) is 35.4 Å². The number of aliphatic hydroxyl groups excluding tert-OH is 4. The van der Waals surface area contributed by atoms with E-state index in [0.717, 1.165) is 27.7 Å². The summed E-state index contributed by atoms with van der Waals surface area (Å²) in [6.07, 6.45) is -6.08. The number of ether oxygens (including phenoxy) is 1. The van der Waals surface area contributed by atoms with Gasteiger partial charge < -0.3 is 45.6 Å². The molecule has 0 bridgehead atoms. The highest BCUT2D eigenvalue weighted by molar-refractivity contribution is 6.21. The van der Waals surface area contributed by atoms with Crippen molar-refractivity contribution in [2.45, 2.75) is 58.3 Å². The summed E-state index contributed by atoms with van der Waals surface area (Å²) in [5.41, 5.74) is 0.316. The van der Waals surface area contributed by atoms with Crippen LogP contribution in [0.3, 0.4) is 0 Å². The van der Waals surface area contributed by atoms with Crippen LogP contribution in [0.5, 0.6) is 0 Å². The molecule has 3 rings (SSSR count). The van der Waals surface area contributed by atoms with Crippen molar-refractivity contribution in [3.63, 3.8) is 0 Å². The van der Waals surface area contributed by atoms with E-state index < -0.39 is 72.9 Å². The normalized spacial score (nSPS) is 22.8. The maximum absolute atomic E-state index is 12.4. The lowest BCUT2D eigenvalue weighted by Gasteiger charge is -2.42. The molecule has 0 aromatic heterocycles. The fraction of sp³-hybridized carbons (Fsp3) is 0.455. The van der Waals surface area contributed by atoms with Gasteiger partial charge in [0.05, 0.1) is 17.7 Å². The number of rotatable bonds is 2. The number of imide groups is 1. The van der Waals surface area contributed by atoms with Crippen LogP contribution in [-0.2, 0) is 23.9 Å². The molecule has 2 heterocycles. The van der Waals surface area contributed by atoms with Gasteiger partial charge in [0.2, 0.25) is 0 Å². The van der Waals surface area contributed by atoms with E-state index in [1.165, 1.54) is 12.1 Å². The van der Waals surface area contributed by atoms with Gasteiger partial charge >= 0.3 is 0 Å². The summed E-state index contributed by atoms with van der Waals surface area (Å²) < 4.78 is 4.99. The largest absolute Gasteiger partial charge is 0.481 e. The van der Waals surface area contributed by atoms with Crippen molar-refractivity contribution in [1.82, 2.24) is 4.90 Å². The van der Waals surface area contributed by atoms with Gasteiger partial charge in [-0.2, -0.15) is 0 Å². The number of carboxylic acids is 4. The van der Waals surface area contributed by atoms with Gasteiger partial charge in [-0.15, -0.1) is 0 Å². The Hall–Kier alpha value is -3.96. The van der Waals surface area contributed by atoms with E-state index in [2.05, 4.69) is 0 Å². The van der Waals surface area contributed by atoms with E-state index in [4.69, 9.17) is 49.4 Å². The van der Waals surface area contributed by atoms with Crippen LogP contribution in [0.2, 0.25) is 0 Å². The van der Waals surface area contributed by atoms with Crippen molar-refractivity contribution < 1.29 is 74.4 Å². The van der Waals surface area contributed by atoms with Crippen molar-refractivity contribution in [1.29, 1.82) is 0 Å². The number of carbonyl (C=O) groups is 6. The molecule has 0 aliphatic carbocycles. The molecule has 0 spiro atoms. The summed E-state index contributed by atoms with van der Waals surface area (Å²) in [4.78, 5) is 61.4. The first-order valence-corrected chi connectivity index (χ1v) is 10.5. The Balaban J connectivity index is 0. The highest BCUT2D eigenvalue weighted by Gasteiger charge is 2.52. The summed E-state index contributed by atoms with van der Waals surface area (Å²) in [5, 5.41) is 68.7. The quantitative estimate of drug-likeness (QED) is 0.194. The molecule has 1 fully saturated rings. The second kappa shape index (κ2) is 17.5. The number of benzene rings is 1. The van der Waals surface area contributed by atoms with Gasteiger partial charge in [-0.3, -0.25) is 33.7 Å². The van der Waals surface area contributed by atoms with Crippen LogP contribution in [0.1, 0.15) is 48.4 Å². The Morgan fingerprint density at radius 1 is 0.737 bits per heavy atom. The molecule has 2 amide bonds. The van der Waals surface area contributed by atoms with Crippen LogP contribution in [0.15, 0.2) is 24.3 Å². The summed E-state index contributed by atoms with van der Waals surface area (Å²) >= 11 is 0. The number of carboxylic acid groups (broad SMARTS) is 4. The van der Waals surface area contributed by atoms with Crippen LogP contribution in [0, 0.1) is 0 Å². The minimum absolute atomic E-state index is 0.158. The number of nitrogens with zero attached hydrogens (tertiary/aromatic N) is 1. The van der Waals surface area contributed by atoms with Crippen LogP contribution in [0.4, 0.5) is 0 Å². The highest BCUT2D eigenvalue weighted by Crippen LogP contribution is 2.31. The number of carbonyl (C=O) groups excluding carboxylic acids is 2. The van der Waals surface area contributed by atoms with Gasteiger partial charge in [-0.05, 0) is 12.1 Å². The second-order valence-electron chi connectivity index (χ2n) is 7.32. The second-order valence-corrected chi connectivity index (χ2v) is 7.32. The Morgan fingerprint density at radius 3 is 1.34 bits per heavy atom. The molecule has 2 aliphatic rings. The highest BCUT2D eigenvalue weighted by atomic mass is 16.6. The number of aliphatic carboxylic acids is 4. The molecule has 38 heavy (non-hydrogen) atoms. The van der Waals surface area contributed by atoms with Crippen LogP contribution in [-0.4, -0.2) is 119 Å². The average molecular weight is 549 g/mol. The smallest absolute Gasteiger partial charge is 0.300 e. The van der Waals surface area contributed by atoms with Crippen LogP contribution < -0.4 is 0 Å². The van der Waals surface area contributed by atoms with E-state index in [0.29, 0.717) is 4.90 Å². The predicted octanol–water partition coefficient (Wildman–Crippen LogP) is -1.55. The molecule has 0 radical (unpaired) electrons. The van der Waals surface area contributed by atoms with Crippen molar-refractivity contribution >= 4 is 35.7 Å². The first kappa shape index (κ1) is 36.2. The molecule has 5 atom stereocenters. The van der Waals surface area contributed by atoms with Crippen molar-refractivity contribution in [2.24, 2.45) is 0 Å². The number of hydrogen-bond acceptors (Lipinski definition) is 11. The first-order chi connectivity index (χ1) is 17.4. The zero-order valence-corrected chi connectivity index (χ0v) is 20.8. The average Bonchev–Trinajstić information content (AvgIpc) is 3.00. The number of hydrogen-bond donors (Lipinski definition) is 8. The molecule has 0 saturated carbocycles. The van der Waals surface area contributed by atoms with E-state index in [-0.39, 0.29) is 11.1 Å². The molecule has 2 aliphatic heterocycles. The summed E-state index contributed by atoms with van der Waals surface area (Å²) in [7, 11) is 0. The standard InChI is InChI=1S/C14H15NO7.4C2H4O2/c16-5-8-10(17)11(18)9(14(21)22-8)15-12(19)6-3-1-2-4-7(6)13(15)20;4*1-2(3)4/h1-4,8-11,14,16-18,21H,5H2;4*1H3,(H,3,4)/t8-,9-,10-,11-,14-;;;;/m1..../s1. The number of fused-ring (bicyclic) bond motifs is 1. The van der Waals surface area contributed by atoms with E-state index in [1.54, 1.807) is 12.1 Å². The van der Waals surface area contributed by atoms with Crippen LogP contribution >= 0.6 is 0 Å². The summed E-state index contributed by atoms with van der Waals surface area (Å²) in [5.74, 6) is -4.69. The molecule has 1 aromatic carbocycles.